The average Bonchev–Trinajstić information content (AvgIpc) is 3.57. The molecule has 4 aromatic rings. The van der Waals surface area contributed by atoms with E-state index in [-0.39, 0.29) is 41.3 Å². The van der Waals surface area contributed by atoms with Crippen LogP contribution in [0.5, 0.6) is 0 Å². The van der Waals surface area contributed by atoms with Gasteiger partial charge in [0.15, 0.2) is 22.5 Å². The summed E-state index contributed by atoms with van der Waals surface area (Å²) in [5, 5.41) is 46.0. The van der Waals surface area contributed by atoms with Gasteiger partial charge in [0.2, 0.25) is 0 Å². The molecule has 0 spiro atoms. The van der Waals surface area contributed by atoms with Gasteiger partial charge in [-0.2, -0.15) is 0 Å². The predicted octanol–water partition coefficient (Wildman–Crippen LogP) is 6.65. The quantitative estimate of drug-likeness (QED) is 0.0518. The van der Waals surface area contributed by atoms with Gasteiger partial charge in [0.25, 0.3) is 0 Å². The Labute approximate surface area is 355 Å². The number of aliphatic hydroxyl groups is 2. The number of carboxylic acids is 1. The fourth-order valence-corrected chi connectivity index (χ4v) is 12.3. The molecule has 0 amide bonds. The van der Waals surface area contributed by atoms with Gasteiger partial charge in [-0.15, -0.1) is 10.2 Å². The van der Waals surface area contributed by atoms with Crippen molar-refractivity contribution < 1.29 is 24.9 Å². The number of rotatable bonds is 16. The van der Waals surface area contributed by atoms with Gasteiger partial charge in [-0.1, -0.05) is 37.3 Å². The number of pyridine rings is 1. The number of carboxylic acid groups (broad SMARTS) is 1. The van der Waals surface area contributed by atoms with Crippen LogP contribution in [0.2, 0.25) is 0 Å². The van der Waals surface area contributed by atoms with Crippen molar-refractivity contribution in [2.75, 3.05) is 56.2 Å². The Balaban J connectivity index is 0.979. The summed E-state index contributed by atoms with van der Waals surface area (Å²) < 4.78 is 7.90. The molecule has 4 fully saturated rings. The number of thiazole rings is 1. The molecular weight excluding hydrogens is 779 g/mol. The number of aromatic carboxylic acids is 1. The van der Waals surface area contributed by atoms with E-state index in [0.717, 1.165) is 71.4 Å². The van der Waals surface area contributed by atoms with Crippen molar-refractivity contribution in [1.82, 2.24) is 25.5 Å². The van der Waals surface area contributed by atoms with Gasteiger partial charge in [-0.25, -0.2) is 14.8 Å². The highest BCUT2D eigenvalue weighted by Gasteiger charge is 2.60. The third kappa shape index (κ3) is 8.51. The summed E-state index contributed by atoms with van der Waals surface area (Å²) in [7, 11) is 0. The lowest BCUT2D eigenvalue weighted by Crippen LogP contribution is -2.53. The first-order chi connectivity index (χ1) is 28.8. The third-order valence-electron chi connectivity index (χ3n) is 13.5. The maximum atomic E-state index is 12.9. The zero-order valence-corrected chi connectivity index (χ0v) is 36.0. The Hall–Kier alpha value is -4.54. The van der Waals surface area contributed by atoms with Crippen molar-refractivity contribution in [2.24, 2.45) is 39.3 Å². The maximum Gasteiger partial charge on any atom is 0.355 e. The van der Waals surface area contributed by atoms with E-state index in [9.17, 15) is 20.1 Å². The second-order valence-electron chi connectivity index (χ2n) is 18.5. The second kappa shape index (κ2) is 17.1. The number of ether oxygens (including phenoxy) is 1. The van der Waals surface area contributed by atoms with E-state index in [1.165, 1.54) is 12.6 Å². The second-order valence-corrected chi connectivity index (χ2v) is 19.5. The molecule has 60 heavy (non-hydrogen) atoms. The summed E-state index contributed by atoms with van der Waals surface area (Å²) in [5.41, 5.74) is 11.0. The van der Waals surface area contributed by atoms with E-state index in [0.29, 0.717) is 78.9 Å². The smallest absolute Gasteiger partial charge is 0.355 e. The minimum Gasteiger partial charge on any atom is -0.476 e. The van der Waals surface area contributed by atoms with Crippen molar-refractivity contribution >= 4 is 61.4 Å². The Morgan fingerprint density at radius 1 is 1.08 bits per heavy atom. The Kier molecular flexibility index (Phi) is 12.0. The largest absolute Gasteiger partial charge is 0.476 e. The minimum atomic E-state index is -1.14. The monoisotopic (exact) mass is 837 g/mol. The topological polar surface area (TPSA) is 204 Å². The lowest BCUT2D eigenvalue weighted by molar-refractivity contribution is -0.163. The molecule has 3 aromatic heterocycles. The summed E-state index contributed by atoms with van der Waals surface area (Å²) in [4.78, 5) is 29.4. The first kappa shape index (κ1) is 42.2. The maximum absolute atomic E-state index is 12.9. The molecule has 320 valence electrons. The number of hydrogen-bond acceptors (Lipinski definition) is 14. The summed E-state index contributed by atoms with van der Waals surface area (Å²) in [6, 6.07) is 11.6. The molecule has 4 saturated carbocycles. The number of fused-ring (bicyclic) bond motifs is 3. The highest BCUT2D eigenvalue weighted by molar-refractivity contribution is 7.22. The number of aliphatic imine (C=N–C) groups is 1. The summed E-state index contributed by atoms with van der Waals surface area (Å²) in [6.45, 7) is 11.8. The van der Waals surface area contributed by atoms with Crippen LogP contribution in [0, 0.1) is 35.5 Å². The van der Waals surface area contributed by atoms with Gasteiger partial charge in [-0.05, 0) is 112 Å². The van der Waals surface area contributed by atoms with Gasteiger partial charge in [0.1, 0.15) is 5.82 Å². The molecule has 14 nitrogen and oxygen atoms in total. The van der Waals surface area contributed by atoms with Crippen LogP contribution in [-0.4, -0.2) is 98.8 Å². The first-order valence-electron chi connectivity index (χ1n) is 21.3. The van der Waals surface area contributed by atoms with Crippen molar-refractivity contribution in [3.63, 3.8) is 0 Å². The summed E-state index contributed by atoms with van der Waals surface area (Å²) >= 11 is 1.56. The van der Waals surface area contributed by atoms with Crippen molar-refractivity contribution in [3.8, 4) is 0 Å². The molecule has 5 atom stereocenters. The van der Waals surface area contributed by atoms with E-state index in [2.05, 4.69) is 34.7 Å². The normalized spacial score (nSPS) is 26.5. The minimum absolute atomic E-state index is 0.0418. The number of aliphatic hydroxyl groups excluding tert-OH is 2. The standard InChI is InChI=1S/C45H59N9O5S/c1-27-32-8-7-14-54(40(32)53-52-39(27)51-42-49-35-9-5-6-10-36(35)60-42)37-12-11-33(38(50-37)41(57)58)34(19-46)28(2)48-21-31-17-44(4)24-43(3)16-30(31)18-45(25-43,26-44)59-15-13-47-20-29(22-55)23-56/h5-6,9-12,19,29-31,47,55-56H,7-8,13-18,20-26,46H2,1-4H3,(H,57,58)(H,49,51,52). The number of para-hydroxylation sites is 1. The number of benzene rings is 1. The van der Waals surface area contributed by atoms with Crippen molar-refractivity contribution in [3.05, 3.63) is 65.0 Å². The molecule has 9 rings (SSSR count). The fraction of sp³-hybridized carbons (Fsp3) is 0.556. The molecular formula is C45H59N9O5S. The molecule has 4 bridgehead atoms. The van der Waals surface area contributed by atoms with E-state index in [4.69, 9.17) is 25.4 Å². The highest BCUT2D eigenvalue weighted by Crippen LogP contribution is 2.66. The van der Waals surface area contributed by atoms with E-state index < -0.39 is 5.97 Å². The summed E-state index contributed by atoms with van der Waals surface area (Å²) in [5.74, 6) is 1.33. The molecule has 5 unspecified atom stereocenters. The number of nitrogens with one attached hydrogen (secondary N) is 2. The summed E-state index contributed by atoms with van der Waals surface area (Å²) in [6.07, 6.45) is 9.61. The lowest BCUT2D eigenvalue weighted by atomic mass is 9.53. The highest BCUT2D eigenvalue weighted by atomic mass is 32.1. The molecule has 5 aliphatic rings. The molecule has 0 saturated heterocycles. The van der Waals surface area contributed by atoms with Crippen LogP contribution in [-0.2, 0) is 11.2 Å². The number of nitrogens with two attached hydrogens (primary N) is 1. The van der Waals surface area contributed by atoms with Crippen LogP contribution < -0.4 is 21.3 Å². The van der Waals surface area contributed by atoms with Crippen LogP contribution in [0.1, 0.15) is 92.9 Å². The number of hydrogen-bond donors (Lipinski definition) is 6. The first-order valence-corrected chi connectivity index (χ1v) is 22.2. The Morgan fingerprint density at radius 2 is 1.87 bits per heavy atom. The Bertz CT molecular complexity index is 2260. The fourth-order valence-electron chi connectivity index (χ4n) is 11.4. The van der Waals surface area contributed by atoms with Crippen molar-refractivity contribution in [1.29, 1.82) is 0 Å². The zero-order chi connectivity index (χ0) is 42.2. The molecule has 4 heterocycles. The molecule has 4 aliphatic carbocycles. The van der Waals surface area contributed by atoms with Crippen LogP contribution >= 0.6 is 11.3 Å². The van der Waals surface area contributed by atoms with E-state index in [1.54, 1.807) is 17.4 Å². The molecule has 1 aromatic carbocycles. The molecule has 15 heteroatoms. The van der Waals surface area contributed by atoms with Crippen LogP contribution in [0.3, 0.4) is 0 Å². The number of allylic oxidation sites excluding steroid dienone is 1. The number of nitrogens with zero attached hydrogens (tertiary/aromatic N) is 6. The molecule has 1 aliphatic heterocycles. The zero-order valence-electron chi connectivity index (χ0n) is 35.2. The SMILES string of the molecule is CC(=NCC1CC2(C)CC3(C)CC1CC(OCCNCC(CO)CO)(C2)C3)C(=CN)c1ccc(N2CCCc3c2nnc(Nc2nc4ccccc4s2)c3C)nc1C(=O)O. The van der Waals surface area contributed by atoms with Gasteiger partial charge in [-0.3, -0.25) is 4.99 Å². The number of carbonyl (C=O) groups is 1. The third-order valence-corrected chi connectivity index (χ3v) is 14.4. The van der Waals surface area contributed by atoms with Gasteiger partial charge >= 0.3 is 5.97 Å². The number of aromatic nitrogens is 4. The Morgan fingerprint density at radius 3 is 2.62 bits per heavy atom. The van der Waals surface area contributed by atoms with Gasteiger partial charge < -0.3 is 41.3 Å². The van der Waals surface area contributed by atoms with E-state index in [1.807, 2.05) is 49.1 Å². The van der Waals surface area contributed by atoms with Crippen molar-refractivity contribution in [2.45, 2.75) is 84.7 Å². The number of anilines is 4. The molecule has 0 radical (unpaired) electrons. The van der Waals surface area contributed by atoms with Gasteiger partial charge in [0.05, 0.1) is 22.4 Å². The van der Waals surface area contributed by atoms with E-state index >= 15 is 0 Å². The van der Waals surface area contributed by atoms with Crippen LogP contribution in [0.4, 0.5) is 22.6 Å². The average molecular weight is 838 g/mol. The lowest BCUT2D eigenvalue weighted by Gasteiger charge is -2.56. The predicted molar refractivity (Wildman–Crippen MR) is 236 cm³/mol. The van der Waals surface area contributed by atoms with Crippen LogP contribution in [0.25, 0.3) is 15.8 Å². The molecule has 7 N–H and O–H groups in total. The van der Waals surface area contributed by atoms with Gasteiger partial charge in [0, 0.05) is 79.5 Å². The van der Waals surface area contributed by atoms with Crippen LogP contribution in [0.15, 0.2) is 47.6 Å².